The third-order valence-corrected chi connectivity index (χ3v) is 4.91. The number of benzene rings is 1. The first kappa shape index (κ1) is 12.0. The Morgan fingerprint density at radius 1 is 1.22 bits per heavy atom. The van der Waals surface area contributed by atoms with Crippen molar-refractivity contribution in [1.82, 2.24) is 4.37 Å². The number of nitrogens with one attached hydrogen (secondary N) is 1. The van der Waals surface area contributed by atoms with E-state index in [2.05, 4.69) is 34.8 Å². The number of nitrogens with zero attached hydrogens (tertiary/aromatic N) is 1. The van der Waals surface area contributed by atoms with Gasteiger partial charge in [-0.05, 0) is 48.3 Å². The summed E-state index contributed by atoms with van der Waals surface area (Å²) in [6.45, 7) is 3.49. The lowest BCUT2D eigenvalue weighted by Gasteiger charge is -2.26. The molecule has 1 aromatic heterocycles. The number of rotatable bonds is 3. The van der Waals surface area contributed by atoms with E-state index >= 15 is 0 Å². The van der Waals surface area contributed by atoms with Gasteiger partial charge in [0.15, 0.2) is 0 Å². The number of hydrogen-bond donors (Lipinski definition) is 1. The Labute approximate surface area is 113 Å². The van der Waals surface area contributed by atoms with Crippen molar-refractivity contribution in [2.45, 2.75) is 32.6 Å². The molecule has 1 saturated carbocycles. The summed E-state index contributed by atoms with van der Waals surface area (Å²) in [6, 6.07) is 8.38. The van der Waals surface area contributed by atoms with E-state index in [0.29, 0.717) is 0 Å². The minimum absolute atomic E-state index is 0.849. The molecule has 2 aromatic rings. The molecule has 0 aliphatic heterocycles. The second-order valence-electron chi connectivity index (χ2n) is 5.54. The monoisotopic (exact) mass is 260 g/mol. The van der Waals surface area contributed by atoms with E-state index in [1.165, 1.54) is 36.1 Å². The lowest BCUT2D eigenvalue weighted by molar-refractivity contribution is 0.300. The van der Waals surface area contributed by atoms with Crippen LogP contribution in [0.5, 0.6) is 0 Å². The summed E-state index contributed by atoms with van der Waals surface area (Å²) >= 11 is 1.59. The molecule has 18 heavy (non-hydrogen) atoms. The molecule has 1 aromatic carbocycles. The number of aromatic nitrogens is 1. The van der Waals surface area contributed by atoms with E-state index in [1.54, 1.807) is 11.5 Å². The van der Waals surface area contributed by atoms with E-state index in [9.17, 15) is 0 Å². The van der Waals surface area contributed by atoms with Gasteiger partial charge >= 0.3 is 0 Å². The number of anilines is 1. The van der Waals surface area contributed by atoms with Crippen molar-refractivity contribution in [2.24, 2.45) is 11.8 Å². The highest BCUT2D eigenvalue weighted by atomic mass is 32.1. The highest BCUT2D eigenvalue weighted by Gasteiger charge is 2.18. The van der Waals surface area contributed by atoms with E-state index in [4.69, 9.17) is 0 Å². The number of hydrogen-bond acceptors (Lipinski definition) is 3. The predicted octanol–water partition coefficient (Wildman–Crippen LogP) is 4.53. The quantitative estimate of drug-likeness (QED) is 0.876. The molecule has 1 aliphatic rings. The van der Waals surface area contributed by atoms with Crippen molar-refractivity contribution in [3.63, 3.8) is 0 Å². The average molecular weight is 260 g/mol. The summed E-state index contributed by atoms with van der Waals surface area (Å²) in [5.41, 5.74) is 1.11. The van der Waals surface area contributed by atoms with Gasteiger partial charge in [0.1, 0.15) is 5.00 Å². The Kier molecular flexibility index (Phi) is 3.50. The van der Waals surface area contributed by atoms with Gasteiger partial charge in [-0.15, -0.1) is 0 Å². The van der Waals surface area contributed by atoms with E-state index < -0.39 is 0 Å². The van der Waals surface area contributed by atoms with Gasteiger partial charge in [0.25, 0.3) is 0 Å². The SMILES string of the molecule is CC1CCC(CNc2snc3ccccc23)CC1. The lowest BCUT2D eigenvalue weighted by Crippen LogP contribution is -2.19. The second-order valence-corrected chi connectivity index (χ2v) is 6.31. The molecule has 0 bridgehead atoms. The zero-order valence-corrected chi connectivity index (χ0v) is 11.7. The fraction of sp³-hybridized carbons (Fsp3) is 0.533. The fourth-order valence-corrected chi connectivity index (χ4v) is 3.55. The van der Waals surface area contributed by atoms with Gasteiger partial charge in [-0.1, -0.05) is 31.9 Å². The first-order valence-electron chi connectivity index (χ1n) is 6.91. The maximum Gasteiger partial charge on any atom is 0.117 e. The molecule has 1 fully saturated rings. The van der Waals surface area contributed by atoms with Crippen molar-refractivity contribution >= 4 is 27.4 Å². The zero-order valence-electron chi connectivity index (χ0n) is 10.9. The van der Waals surface area contributed by atoms with Crippen molar-refractivity contribution in [2.75, 3.05) is 11.9 Å². The maximum atomic E-state index is 4.47. The largest absolute Gasteiger partial charge is 0.375 e. The van der Waals surface area contributed by atoms with Crippen LogP contribution >= 0.6 is 11.5 Å². The van der Waals surface area contributed by atoms with Crippen LogP contribution in [0.3, 0.4) is 0 Å². The smallest absolute Gasteiger partial charge is 0.117 e. The Bertz CT molecular complexity index is 512. The molecule has 0 spiro atoms. The van der Waals surface area contributed by atoms with Crippen LogP contribution in [0.15, 0.2) is 24.3 Å². The maximum absolute atomic E-state index is 4.47. The van der Waals surface area contributed by atoms with Gasteiger partial charge in [0.2, 0.25) is 0 Å². The molecule has 0 saturated heterocycles. The van der Waals surface area contributed by atoms with Crippen LogP contribution in [-0.4, -0.2) is 10.9 Å². The standard InChI is InChI=1S/C15H20N2S/c1-11-6-8-12(9-7-11)10-16-15-13-4-2-3-5-14(13)17-18-15/h2-5,11-12,16H,6-10H2,1H3. The van der Waals surface area contributed by atoms with Crippen molar-refractivity contribution in [3.8, 4) is 0 Å². The summed E-state index contributed by atoms with van der Waals surface area (Å²) in [4.78, 5) is 0. The first-order valence-corrected chi connectivity index (χ1v) is 7.68. The molecule has 3 rings (SSSR count). The molecule has 96 valence electrons. The molecule has 0 unspecified atom stereocenters. The van der Waals surface area contributed by atoms with Crippen molar-refractivity contribution in [3.05, 3.63) is 24.3 Å². The molecule has 2 nitrogen and oxygen atoms in total. The number of fused-ring (bicyclic) bond motifs is 1. The molecular weight excluding hydrogens is 240 g/mol. The Hall–Kier alpha value is -1.09. The summed E-state index contributed by atoms with van der Waals surface area (Å²) in [5, 5.41) is 6.12. The van der Waals surface area contributed by atoms with E-state index in [0.717, 1.165) is 23.9 Å². The van der Waals surface area contributed by atoms with Gasteiger partial charge < -0.3 is 5.32 Å². The van der Waals surface area contributed by atoms with Crippen LogP contribution in [0.25, 0.3) is 10.9 Å². The molecule has 1 aliphatic carbocycles. The third-order valence-electron chi connectivity index (χ3n) is 4.07. The lowest BCUT2D eigenvalue weighted by atomic mass is 9.83. The highest BCUT2D eigenvalue weighted by molar-refractivity contribution is 7.11. The zero-order chi connectivity index (χ0) is 12.4. The Morgan fingerprint density at radius 2 is 2.00 bits per heavy atom. The third kappa shape index (κ3) is 2.51. The van der Waals surface area contributed by atoms with Crippen LogP contribution in [0.2, 0.25) is 0 Å². The Morgan fingerprint density at radius 3 is 2.83 bits per heavy atom. The minimum Gasteiger partial charge on any atom is -0.375 e. The van der Waals surface area contributed by atoms with Crippen LogP contribution in [0.1, 0.15) is 32.6 Å². The topological polar surface area (TPSA) is 24.9 Å². The summed E-state index contributed by atoms with van der Waals surface area (Å²) < 4.78 is 4.47. The van der Waals surface area contributed by atoms with Crippen LogP contribution in [0.4, 0.5) is 5.00 Å². The van der Waals surface area contributed by atoms with Gasteiger partial charge in [-0.3, -0.25) is 0 Å². The Balaban J connectivity index is 1.63. The van der Waals surface area contributed by atoms with Gasteiger partial charge in [0, 0.05) is 11.9 Å². The average Bonchev–Trinajstić information content (AvgIpc) is 2.82. The molecule has 3 heteroatoms. The fourth-order valence-electron chi connectivity index (χ4n) is 2.79. The molecular formula is C15H20N2S. The van der Waals surface area contributed by atoms with E-state index in [-0.39, 0.29) is 0 Å². The minimum atomic E-state index is 0.849. The summed E-state index contributed by atoms with van der Waals surface area (Å²) in [6.07, 6.45) is 5.56. The van der Waals surface area contributed by atoms with Crippen molar-refractivity contribution in [1.29, 1.82) is 0 Å². The summed E-state index contributed by atoms with van der Waals surface area (Å²) in [5.74, 6) is 1.78. The first-order chi connectivity index (χ1) is 8.83. The second kappa shape index (κ2) is 5.27. The molecule has 0 amide bonds. The molecule has 1 N–H and O–H groups in total. The van der Waals surface area contributed by atoms with Crippen LogP contribution in [0, 0.1) is 11.8 Å². The summed E-state index contributed by atoms with van der Waals surface area (Å²) in [7, 11) is 0. The van der Waals surface area contributed by atoms with Crippen LogP contribution in [-0.2, 0) is 0 Å². The molecule has 1 heterocycles. The molecule has 0 atom stereocenters. The molecule has 0 radical (unpaired) electrons. The predicted molar refractivity (Wildman–Crippen MR) is 79.2 cm³/mol. The van der Waals surface area contributed by atoms with Gasteiger partial charge in [-0.25, -0.2) is 0 Å². The normalized spacial score (nSPS) is 24.3. The van der Waals surface area contributed by atoms with Crippen molar-refractivity contribution < 1.29 is 0 Å². The van der Waals surface area contributed by atoms with Gasteiger partial charge in [-0.2, -0.15) is 4.37 Å². The highest BCUT2D eigenvalue weighted by Crippen LogP contribution is 2.31. The van der Waals surface area contributed by atoms with E-state index in [1.807, 2.05) is 6.07 Å². The van der Waals surface area contributed by atoms with Crippen LogP contribution < -0.4 is 5.32 Å². The van der Waals surface area contributed by atoms with Gasteiger partial charge in [0.05, 0.1) is 5.52 Å².